The van der Waals surface area contributed by atoms with Gasteiger partial charge in [-0.25, -0.2) is 18.4 Å². The van der Waals surface area contributed by atoms with Gasteiger partial charge in [0.2, 0.25) is 23.6 Å². The van der Waals surface area contributed by atoms with Crippen LogP contribution in [0.3, 0.4) is 0 Å². The standard InChI is InChI=1S/C26H27ClF3N5O.C25H27ClFN5O.C24H27Cl2N5O.C23H26Cl2N6O/c1-16(20-7-6-19(27)15-21(20)26(28,29)30)35-24-14-18(5-8-22(24)32-33-35)17-9-12-34(13-10-17)25(36)23-4-2-3-11-31-23;1-16(20-7-6-19(26)15-21(20)27)32-24-14-18(5-8-22(24)29-30-32)17-9-12-31(13-10-17)25(33)23-4-2-3-11-28-23;1-16(20-7-5-18(25)13-21(20)26)31-23-14-19(6-4-17(23)15-28-31)29-9-11-30(12-10-29)24(32)22-3-2-8-27-22;1-15(18-6-4-16(24)13-19(18)25)31-22-14-17(5-7-20(22)27-28-31)29-9-11-30(12-10-29)23(32)21-3-2-8-26-21/h5-9,14-16,23,31H,2-4,10-13H2,1H3;5-9,14-16,23,28H,2-4,10-13H2,1H3;4-7,13-16,22,27H,2-3,8-12H2,1H3;4-7,13-15,21,26H,2-3,8-12H2,1H3. The van der Waals surface area contributed by atoms with Gasteiger partial charge >= 0.3 is 6.18 Å². The second-order valence-corrected chi connectivity index (χ2v) is 38.0. The molecular formula is C98H107Cl6F4N21O4. The Balaban J connectivity index is 0.000000124. The van der Waals surface area contributed by atoms with Crippen LogP contribution in [0.25, 0.3) is 55.1 Å². The second-order valence-electron chi connectivity index (χ2n) is 35.4. The molecule has 4 amide bonds. The van der Waals surface area contributed by atoms with Crippen LogP contribution < -0.4 is 31.1 Å². The Morgan fingerprint density at radius 3 is 1.18 bits per heavy atom. The summed E-state index contributed by atoms with van der Waals surface area (Å²) in [6.07, 6.45) is 13.4. The minimum atomic E-state index is -4.54. The van der Waals surface area contributed by atoms with E-state index in [4.69, 9.17) is 69.6 Å². The fourth-order valence-electron chi connectivity index (χ4n) is 19.4. The first-order valence-electron chi connectivity index (χ1n) is 46.0. The third kappa shape index (κ3) is 21.4. The van der Waals surface area contributed by atoms with Gasteiger partial charge in [0.05, 0.1) is 82.2 Å². The molecule has 4 aromatic heterocycles. The van der Waals surface area contributed by atoms with Gasteiger partial charge in [-0.2, -0.15) is 18.3 Å². The van der Waals surface area contributed by atoms with Gasteiger partial charge in [0, 0.05) is 131 Å². The van der Waals surface area contributed by atoms with E-state index < -0.39 is 17.8 Å². The van der Waals surface area contributed by atoms with Gasteiger partial charge in [-0.05, 0) is 266 Å². The fraction of sp³-hybridized carbons (Fsp3) is 0.418. The summed E-state index contributed by atoms with van der Waals surface area (Å²) in [6, 6.07) is 42.7. The van der Waals surface area contributed by atoms with E-state index in [0.717, 1.165) is 227 Å². The average molecular weight is 1930 g/mol. The fourth-order valence-corrected chi connectivity index (χ4v) is 20.9. The average Bonchev–Trinajstić information content (AvgIpc) is 1.68. The highest BCUT2D eigenvalue weighted by atomic mass is 35.5. The molecule has 8 aliphatic heterocycles. The lowest BCUT2D eigenvalue weighted by atomic mass is 9.97. The Morgan fingerprint density at radius 2 is 0.759 bits per heavy atom. The summed E-state index contributed by atoms with van der Waals surface area (Å²) in [6.45, 7) is 20.2. The van der Waals surface area contributed by atoms with Crippen LogP contribution in [0.4, 0.5) is 28.9 Å². The van der Waals surface area contributed by atoms with Gasteiger partial charge in [-0.3, -0.25) is 23.9 Å². The van der Waals surface area contributed by atoms with E-state index in [-0.39, 0.29) is 82.3 Å². The van der Waals surface area contributed by atoms with Crippen molar-refractivity contribution in [2.24, 2.45) is 0 Å². The number of anilines is 2. The number of hydrogen-bond acceptors (Lipinski definition) is 17. The summed E-state index contributed by atoms with van der Waals surface area (Å²) in [4.78, 5) is 63.6. The van der Waals surface area contributed by atoms with Crippen LogP contribution in [0, 0.1) is 5.82 Å². The number of piperazine rings is 2. The van der Waals surface area contributed by atoms with Crippen LogP contribution in [0.2, 0.25) is 30.1 Å². The molecule has 20 rings (SSSR count). The molecule has 8 atom stereocenters. The SMILES string of the molecule is CC(c1ccc(Cl)cc1C(F)(F)F)n1nnc2ccc(C3=CCN(C(=O)C4CCCCN4)CC3)cc21.CC(c1ccc(Cl)cc1Cl)n1ncc2ccc(N3CCN(C(=O)C4CCCN4)CC3)cc21.CC(c1ccc(Cl)cc1Cl)n1nnc2ccc(N3CCN(C(=O)C4CCCN4)CC3)cc21.CC(c1ccc(Cl)cc1F)n1nnc2ccc(C3=CCN(C(=O)C4CCCCN4)CC3)cc21. The summed E-state index contributed by atoms with van der Waals surface area (Å²) in [5, 5.41) is 47.6. The molecule has 12 aromatic rings. The molecule has 4 N–H and O–H groups in total. The van der Waals surface area contributed by atoms with Crippen molar-refractivity contribution in [3.8, 4) is 0 Å². The number of halogens is 10. The van der Waals surface area contributed by atoms with Crippen molar-refractivity contribution >= 4 is 160 Å². The van der Waals surface area contributed by atoms with Crippen molar-refractivity contribution in [1.82, 2.24) is 95.6 Å². The van der Waals surface area contributed by atoms with Crippen LogP contribution in [0.15, 0.2) is 164 Å². The molecule has 698 valence electrons. The van der Waals surface area contributed by atoms with E-state index in [0.29, 0.717) is 74.3 Å². The summed E-state index contributed by atoms with van der Waals surface area (Å²) in [5.74, 6) is 0.501. The number of nitrogens with one attached hydrogen (secondary N) is 4. The highest BCUT2D eigenvalue weighted by molar-refractivity contribution is 6.36. The zero-order chi connectivity index (χ0) is 92.9. The van der Waals surface area contributed by atoms with Crippen molar-refractivity contribution in [2.75, 3.05) is 115 Å². The molecule has 12 heterocycles. The first kappa shape index (κ1) is 94.5. The van der Waals surface area contributed by atoms with Gasteiger partial charge in [0.25, 0.3) is 0 Å². The Labute approximate surface area is 799 Å². The van der Waals surface area contributed by atoms with Crippen molar-refractivity contribution in [3.63, 3.8) is 0 Å². The van der Waals surface area contributed by atoms with Crippen LogP contribution >= 0.6 is 69.6 Å². The van der Waals surface area contributed by atoms with E-state index in [9.17, 15) is 36.7 Å². The molecule has 0 bridgehead atoms. The number of amides is 4. The highest BCUT2D eigenvalue weighted by Crippen LogP contribution is 2.41. The van der Waals surface area contributed by atoms with Crippen LogP contribution in [-0.2, 0) is 25.4 Å². The summed E-state index contributed by atoms with van der Waals surface area (Å²) in [5.41, 5.74) is 14.1. The predicted molar refractivity (Wildman–Crippen MR) is 518 cm³/mol. The minimum Gasteiger partial charge on any atom is -0.368 e. The maximum Gasteiger partial charge on any atom is 0.416 e. The lowest BCUT2D eigenvalue weighted by Crippen LogP contribution is -2.53. The summed E-state index contributed by atoms with van der Waals surface area (Å²) in [7, 11) is 0. The molecule has 6 saturated heterocycles. The number of alkyl halides is 3. The Hall–Kier alpha value is -10.3. The number of benzene rings is 8. The molecule has 8 aliphatic rings. The van der Waals surface area contributed by atoms with Gasteiger partial charge in [0.15, 0.2) is 0 Å². The highest BCUT2D eigenvalue weighted by Gasteiger charge is 2.38. The zero-order valence-corrected chi connectivity index (χ0v) is 79.1. The van der Waals surface area contributed by atoms with Crippen molar-refractivity contribution < 1.29 is 36.7 Å². The van der Waals surface area contributed by atoms with E-state index in [2.05, 4.69) is 129 Å². The van der Waals surface area contributed by atoms with Gasteiger partial charge in [0.1, 0.15) is 22.4 Å². The third-order valence-corrected chi connectivity index (χ3v) is 28.7. The maximum absolute atomic E-state index is 14.5. The zero-order valence-electron chi connectivity index (χ0n) is 74.5. The monoisotopic (exact) mass is 1930 g/mol. The molecule has 8 unspecified atom stereocenters. The molecule has 0 spiro atoms. The number of carbonyl (C=O) groups excluding carboxylic acids is 4. The number of aromatic nitrogens is 11. The summed E-state index contributed by atoms with van der Waals surface area (Å²) < 4.78 is 62.8. The first-order valence-corrected chi connectivity index (χ1v) is 48.2. The summed E-state index contributed by atoms with van der Waals surface area (Å²) >= 11 is 36.8. The number of fused-ring (bicyclic) bond motifs is 4. The topological polar surface area (TPSA) is 246 Å². The van der Waals surface area contributed by atoms with E-state index in [1.54, 1.807) is 35.9 Å². The van der Waals surface area contributed by atoms with Crippen molar-refractivity contribution in [2.45, 2.75) is 159 Å². The molecule has 6 fully saturated rings. The van der Waals surface area contributed by atoms with Crippen molar-refractivity contribution in [1.29, 1.82) is 0 Å². The normalized spacial score (nSPS) is 20.0. The molecule has 0 saturated carbocycles. The lowest BCUT2D eigenvalue weighted by Gasteiger charge is -2.37. The Kier molecular flexibility index (Phi) is 29.8. The van der Waals surface area contributed by atoms with Crippen molar-refractivity contribution in [3.05, 3.63) is 239 Å². The molecule has 0 radical (unpaired) electrons. The number of hydrogen-bond donors (Lipinski definition) is 4. The second kappa shape index (κ2) is 41.9. The molecule has 133 heavy (non-hydrogen) atoms. The quantitative estimate of drug-likeness (QED) is 0.0657. The molecular weight excluding hydrogens is 1820 g/mol. The van der Waals surface area contributed by atoms with E-state index >= 15 is 0 Å². The molecule has 8 aromatic carbocycles. The largest absolute Gasteiger partial charge is 0.416 e. The molecule has 0 aliphatic carbocycles. The van der Waals surface area contributed by atoms with Gasteiger partial charge < -0.3 is 50.7 Å². The van der Waals surface area contributed by atoms with Crippen LogP contribution in [-0.4, -0.2) is 227 Å². The first-order chi connectivity index (χ1) is 64.2. The number of piperidine rings is 2. The smallest absolute Gasteiger partial charge is 0.368 e. The van der Waals surface area contributed by atoms with Crippen LogP contribution in [0.1, 0.15) is 168 Å². The molecule has 35 heteroatoms. The Bertz CT molecular complexity index is 6120. The van der Waals surface area contributed by atoms with Crippen LogP contribution in [0.5, 0.6) is 0 Å². The minimum absolute atomic E-state index is 0.000458. The van der Waals surface area contributed by atoms with Gasteiger partial charge in [-0.15, -0.1) is 15.3 Å². The number of rotatable bonds is 16. The van der Waals surface area contributed by atoms with Gasteiger partial charge in [-0.1, -0.05) is 147 Å². The Morgan fingerprint density at radius 1 is 0.383 bits per heavy atom. The maximum atomic E-state index is 14.5. The number of nitrogens with zero attached hydrogens (tertiary/aromatic N) is 17. The lowest BCUT2D eigenvalue weighted by molar-refractivity contribution is -0.138. The van der Waals surface area contributed by atoms with E-state index in [1.807, 2.05) is 103 Å². The number of carbonyl (C=O) groups is 4. The molecule has 25 nitrogen and oxygen atoms in total. The predicted octanol–water partition coefficient (Wildman–Crippen LogP) is 18.2. The third-order valence-electron chi connectivity index (χ3n) is 27.1. The van der Waals surface area contributed by atoms with E-state index in [1.165, 1.54) is 28.5 Å².